The van der Waals surface area contributed by atoms with Crippen molar-refractivity contribution < 1.29 is 0 Å². The summed E-state index contributed by atoms with van der Waals surface area (Å²) in [6.45, 7) is 0.780. The molecule has 0 aliphatic rings. The Hall–Kier alpha value is -2.27. The molecule has 0 saturated carbocycles. The van der Waals surface area contributed by atoms with E-state index in [2.05, 4.69) is 37.8 Å². The standard InChI is InChI=1S/C15H14N4S/c1-2-5-12(6-3-1)14-19-13(11-20-14)7-10-18-15-16-8-4-9-17-15/h1-6,8-9,11H,7,10H2,(H,16,17,18). The highest BCUT2D eigenvalue weighted by Gasteiger charge is 2.04. The molecule has 3 aromatic rings. The Balaban J connectivity index is 1.58. The van der Waals surface area contributed by atoms with E-state index in [0.717, 1.165) is 23.7 Å². The maximum atomic E-state index is 4.65. The molecule has 0 radical (unpaired) electrons. The number of hydrogen-bond donors (Lipinski definition) is 1. The topological polar surface area (TPSA) is 50.7 Å². The van der Waals surface area contributed by atoms with Crippen LogP contribution in [0.15, 0.2) is 54.2 Å². The molecule has 0 bridgehead atoms. The zero-order valence-corrected chi connectivity index (χ0v) is 11.7. The number of benzene rings is 1. The second kappa shape index (κ2) is 6.25. The summed E-state index contributed by atoms with van der Waals surface area (Å²) in [7, 11) is 0. The van der Waals surface area contributed by atoms with Crippen LogP contribution in [0.2, 0.25) is 0 Å². The largest absolute Gasteiger partial charge is 0.354 e. The van der Waals surface area contributed by atoms with Crippen LogP contribution in [0.5, 0.6) is 0 Å². The highest BCUT2D eigenvalue weighted by molar-refractivity contribution is 7.13. The number of nitrogens with one attached hydrogen (secondary N) is 1. The lowest BCUT2D eigenvalue weighted by atomic mass is 10.2. The SMILES string of the molecule is c1ccc(-c2nc(CCNc3ncccn3)cs2)cc1. The predicted molar refractivity (Wildman–Crippen MR) is 81.8 cm³/mol. The number of thiazole rings is 1. The lowest BCUT2D eigenvalue weighted by molar-refractivity contribution is 0.954. The second-order valence-electron chi connectivity index (χ2n) is 4.26. The lowest BCUT2D eigenvalue weighted by Crippen LogP contribution is -2.07. The van der Waals surface area contributed by atoms with E-state index < -0.39 is 0 Å². The minimum absolute atomic E-state index is 0.658. The van der Waals surface area contributed by atoms with Crippen LogP contribution in [-0.4, -0.2) is 21.5 Å². The molecular formula is C15H14N4S. The van der Waals surface area contributed by atoms with Gasteiger partial charge in [-0.1, -0.05) is 30.3 Å². The molecule has 1 N–H and O–H groups in total. The van der Waals surface area contributed by atoms with Crippen molar-refractivity contribution >= 4 is 17.3 Å². The summed E-state index contributed by atoms with van der Waals surface area (Å²) in [6, 6.07) is 12.0. The van der Waals surface area contributed by atoms with Crippen LogP contribution >= 0.6 is 11.3 Å². The molecule has 0 amide bonds. The average molecular weight is 282 g/mol. The van der Waals surface area contributed by atoms with E-state index in [1.54, 1.807) is 29.8 Å². The Morgan fingerprint density at radius 2 is 1.80 bits per heavy atom. The van der Waals surface area contributed by atoms with Gasteiger partial charge in [0, 0.05) is 36.3 Å². The van der Waals surface area contributed by atoms with Gasteiger partial charge in [-0.2, -0.15) is 0 Å². The number of rotatable bonds is 5. The Morgan fingerprint density at radius 3 is 2.60 bits per heavy atom. The summed E-state index contributed by atoms with van der Waals surface area (Å²) in [6.07, 6.45) is 4.32. The normalized spacial score (nSPS) is 10.4. The molecule has 2 aromatic heterocycles. The summed E-state index contributed by atoms with van der Waals surface area (Å²) >= 11 is 1.68. The zero-order chi connectivity index (χ0) is 13.6. The molecule has 0 fully saturated rings. The maximum absolute atomic E-state index is 4.65. The van der Waals surface area contributed by atoms with E-state index in [1.165, 1.54) is 5.56 Å². The van der Waals surface area contributed by atoms with Crippen LogP contribution in [-0.2, 0) is 6.42 Å². The van der Waals surface area contributed by atoms with E-state index in [-0.39, 0.29) is 0 Å². The third-order valence-corrected chi connectivity index (χ3v) is 3.74. The Bertz CT molecular complexity index is 652. The molecule has 0 aliphatic carbocycles. The highest BCUT2D eigenvalue weighted by Crippen LogP contribution is 2.23. The molecule has 3 rings (SSSR count). The third kappa shape index (κ3) is 3.19. The summed E-state index contributed by atoms with van der Waals surface area (Å²) in [4.78, 5) is 12.9. The van der Waals surface area contributed by atoms with Crippen molar-refractivity contribution in [3.63, 3.8) is 0 Å². The van der Waals surface area contributed by atoms with Crippen molar-refractivity contribution in [1.82, 2.24) is 15.0 Å². The Kier molecular flexibility index (Phi) is 3.99. The summed E-state index contributed by atoms with van der Waals surface area (Å²) < 4.78 is 0. The van der Waals surface area contributed by atoms with Gasteiger partial charge in [-0.05, 0) is 6.07 Å². The van der Waals surface area contributed by atoms with Gasteiger partial charge < -0.3 is 5.32 Å². The minimum atomic E-state index is 0.658. The van der Waals surface area contributed by atoms with Crippen molar-refractivity contribution in [2.45, 2.75) is 6.42 Å². The van der Waals surface area contributed by atoms with Crippen LogP contribution in [0, 0.1) is 0 Å². The van der Waals surface area contributed by atoms with Gasteiger partial charge in [0.1, 0.15) is 5.01 Å². The predicted octanol–water partition coefficient (Wildman–Crippen LogP) is 3.25. The quantitative estimate of drug-likeness (QED) is 0.780. The van der Waals surface area contributed by atoms with E-state index in [4.69, 9.17) is 0 Å². The van der Waals surface area contributed by atoms with Gasteiger partial charge in [0.2, 0.25) is 5.95 Å². The fourth-order valence-electron chi connectivity index (χ4n) is 1.83. The van der Waals surface area contributed by atoms with Crippen LogP contribution in [0.25, 0.3) is 10.6 Å². The molecule has 0 unspecified atom stereocenters. The van der Waals surface area contributed by atoms with Gasteiger partial charge >= 0.3 is 0 Å². The fraction of sp³-hybridized carbons (Fsp3) is 0.133. The summed E-state index contributed by atoms with van der Waals surface area (Å²) in [5, 5.41) is 6.36. The van der Waals surface area contributed by atoms with Gasteiger partial charge in [-0.3, -0.25) is 0 Å². The van der Waals surface area contributed by atoms with Crippen molar-refractivity contribution in [3.8, 4) is 10.6 Å². The van der Waals surface area contributed by atoms with E-state index in [1.807, 2.05) is 18.2 Å². The van der Waals surface area contributed by atoms with E-state index >= 15 is 0 Å². The van der Waals surface area contributed by atoms with Gasteiger partial charge in [0.05, 0.1) is 5.69 Å². The van der Waals surface area contributed by atoms with E-state index in [9.17, 15) is 0 Å². The maximum Gasteiger partial charge on any atom is 0.222 e. The van der Waals surface area contributed by atoms with Crippen molar-refractivity contribution in [2.24, 2.45) is 0 Å². The Morgan fingerprint density at radius 1 is 1.00 bits per heavy atom. The lowest BCUT2D eigenvalue weighted by Gasteiger charge is -2.01. The molecule has 2 heterocycles. The van der Waals surface area contributed by atoms with Crippen LogP contribution in [0.1, 0.15) is 5.69 Å². The minimum Gasteiger partial charge on any atom is -0.354 e. The number of aromatic nitrogens is 3. The number of nitrogens with zero attached hydrogens (tertiary/aromatic N) is 3. The molecule has 0 saturated heterocycles. The first-order chi connectivity index (χ1) is 9.92. The smallest absolute Gasteiger partial charge is 0.222 e. The van der Waals surface area contributed by atoms with Crippen LogP contribution in [0.4, 0.5) is 5.95 Å². The monoisotopic (exact) mass is 282 g/mol. The molecular weight excluding hydrogens is 268 g/mol. The van der Waals surface area contributed by atoms with Gasteiger partial charge in [0.25, 0.3) is 0 Å². The molecule has 0 spiro atoms. The second-order valence-corrected chi connectivity index (χ2v) is 5.12. The first kappa shape index (κ1) is 12.7. The van der Waals surface area contributed by atoms with Crippen molar-refractivity contribution in [1.29, 1.82) is 0 Å². The number of hydrogen-bond acceptors (Lipinski definition) is 5. The average Bonchev–Trinajstić information content (AvgIpc) is 2.98. The van der Waals surface area contributed by atoms with E-state index in [0.29, 0.717) is 5.95 Å². The molecule has 20 heavy (non-hydrogen) atoms. The fourth-order valence-corrected chi connectivity index (χ4v) is 2.69. The molecule has 5 heteroatoms. The van der Waals surface area contributed by atoms with Crippen molar-refractivity contribution in [2.75, 3.05) is 11.9 Å². The first-order valence-corrected chi connectivity index (χ1v) is 7.30. The molecule has 1 aromatic carbocycles. The Labute approximate surface area is 121 Å². The molecule has 100 valence electrons. The first-order valence-electron chi connectivity index (χ1n) is 6.42. The zero-order valence-electron chi connectivity index (χ0n) is 10.9. The van der Waals surface area contributed by atoms with Crippen LogP contribution in [0.3, 0.4) is 0 Å². The van der Waals surface area contributed by atoms with Crippen molar-refractivity contribution in [3.05, 3.63) is 59.9 Å². The molecule has 4 nitrogen and oxygen atoms in total. The van der Waals surface area contributed by atoms with Gasteiger partial charge in [-0.15, -0.1) is 11.3 Å². The summed E-state index contributed by atoms with van der Waals surface area (Å²) in [5.74, 6) is 0.658. The summed E-state index contributed by atoms with van der Waals surface area (Å²) in [5.41, 5.74) is 2.26. The molecule has 0 aliphatic heterocycles. The molecule has 0 atom stereocenters. The highest BCUT2D eigenvalue weighted by atomic mass is 32.1. The number of anilines is 1. The van der Waals surface area contributed by atoms with Gasteiger partial charge in [0.15, 0.2) is 0 Å². The van der Waals surface area contributed by atoms with Crippen LogP contribution < -0.4 is 5.32 Å². The third-order valence-electron chi connectivity index (χ3n) is 2.80. The van der Waals surface area contributed by atoms with Gasteiger partial charge in [-0.25, -0.2) is 15.0 Å².